The van der Waals surface area contributed by atoms with Gasteiger partial charge in [0.2, 0.25) is 5.91 Å². The first-order valence-electron chi connectivity index (χ1n) is 12.4. The first-order chi connectivity index (χ1) is 15.9. The Labute approximate surface area is 174 Å². The predicted octanol–water partition coefficient (Wildman–Crippen LogP) is 3.69. The van der Waals surface area contributed by atoms with Gasteiger partial charge >= 0.3 is 0 Å². The minimum atomic E-state index is -2.71. The maximum absolute atomic E-state index is 12.9. The van der Waals surface area contributed by atoms with Crippen LogP contribution in [0.2, 0.25) is 0 Å². The number of hydrogen-bond donors (Lipinski definition) is 1. The lowest BCUT2D eigenvalue weighted by Gasteiger charge is -2.31. The topological polar surface area (TPSA) is 63.1 Å². The Morgan fingerprint density at radius 2 is 1.96 bits per heavy atom. The van der Waals surface area contributed by atoms with Crippen LogP contribution in [0.25, 0.3) is 21.9 Å². The molecule has 1 aliphatic rings. The summed E-state index contributed by atoms with van der Waals surface area (Å²) in [5, 5.41) is 8.95. The van der Waals surface area contributed by atoms with Gasteiger partial charge in [-0.2, -0.15) is 5.10 Å². The third-order valence-corrected chi connectivity index (χ3v) is 5.44. The summed E-state index contributed by atoms with van der Waals surface area (Å²) in [7, 11) is 1.86. The predicted molar refractivity (Wildman–Crippen MR) is 112 cm³/mol. The number of nitrogens with zero attached hydrogens (tertiary/aromatic N) is 4. The summed E-state index contributed by atoms with van der Waals surface area (Å²) in [6, 6.07) is 7.20. The molecule has 146 valence electrons. The summed E-state index contributed by atoms with van der Waals surface area (Å²) >= 11 is 0. The molecule has 0 radical (unpaired) electrons. The van der Waals surface area contributed by atoms with Crippen LogP contribution in [0.3, 0.4) is 0 Å². The van der Waals surface area contributed by atoms with Crippen molar-refractivity contribution in [1.29, 1.82) is 0 Å². The zero-order valence-corrected chi connectivity index (χ0v) is 15.7. The summed E-state index contributed by atoms with van der Waals surface area (Å²) in [6.45, 7) is -5.43. The second-order valence-corrected chi connectivity index (χ2v) is 7.40. The third-order valence-electron chi connectivity index (χ3n) is 5.44. The summed E-state index contributed by atoms with van der Waals surface area (Å²) in [6.07, 6.45) is 6.92. The van der Waals surface area contributed by atoms with E-state index < -0.39 is 20.0 Å². The van der Waals surface area contributed by atoms with E-state index in [0.717, 1.165) is 21.9 Å². The average molecular weight is 384 g/mol. The van der Waals surface area contributed by atoms with E-state index in [-0.39, 0.29) is 11.8 Å². The summed E-state index contributed by atoms with van der Waals surface area (Å²) in [5.41, 5.74) is 2.00. The van der Waals surface area contributed by atoms with Gasteiger partial charge in [-0.05, 0) is 62.7 Å². The molecule has 1 fully saturated rings. The molecule has 1 amide bonds. The zero-order chi connectivity index (χ0) is 24.7. The van der Waals surface area contributed by atoms with Crippen LogP contribution < -0.4 is 5.32 Å². The van der Waals surface area contributed by atoms with Crippen LogP contribution in [0.4, 0.5) is 5.82 Å². The van der Waals surface area contributed by atoms with Gasteiger partial charge in [-0.25, -0.2) is 4.98 Å². The van der Waals surface area contributed by atoms with Crippen molar-refractivity contribution in [3.63, 3.8) is 0 Å². The minimum absolute atomic E-state index is 0.192. The molecular weight excluding hydrogens is 350 g/mol. The van der Waals surface area contributed by atoms with E-state index in [1.807, 2.05) is 37.5 Å². The lowest BCUT2D eigenvalue weighted by Crippen LogP contribution is -2.35. The molecule has 1 saturated carbocycles. The van der Waals surface area contributed by atoms with Gasteiger partial charge in [0.25, 0.3) is 0 Å². The highest BCUT2D eigenvalue weighted by Gasteiger charge is 2.27. The first-order valence-corrected chi connectivity index (χ1v) is 9.41. The lowest BCUT2D eigenvalue weighted by molar-refractivity contribution is -0.121. The highest BCUT2D eigenvalue weighted by Crippen LogP contribution is 2.28. The average Bonchev–Trinajstić information content (AvgIpc) is 3.18. The molecule has 0 atom stereocenters. The second kappa shape index (κ2) is 7.72. The Balaban J connectivity index is 1.43. The highest BCUT2D eigenvalue weighted by atomic mass is 16.1. The quantitative estimate of drug-likeness (QED) is 0.746. The molecular formula is C22H27N5O. The molecule has 3 aromatic rings. The fourth-order valence-electron chi connectivity index (χ4n) is 3.78. The van der Waals surface area contributed by atoms with E-state index in [2.05, 4.69) is 15.4 Å². The van der Waals surface area contributed by atoms with Gasteiger partial charge in [0.15, 0.2) is 0 Å². The largest absolute Gasteiger partial charge is 0.310 e. The van der Waals surface area contributed by atoms with E-state index >= 15 is 0 Å². The number of carbonyl (C=O) groups excluding carboxylic acids is 1. The van der Waals surface area contributed by atoms with Crippen LogP contribution in [0.15, 0.2) is 42.9 Å². The number of aromatic nitrogens is 3. The lowest BCUT2D eigenvalue weighted by atomic mass is 9.85. The number of anilines is 1. The maximum Gasteiger partial charge on any atom is 0.228 e. The molecule has 6 heteroatoms. The summed E-state index contributed by atoms with van der Waals surface area (Å²) < 4.78 is 47.4. The van der Waals surface area contributed by atoms with Gasteiger partial charge in [-0.1, -0.05) is 12.1 Å². The molecule has 0 unspecified atom stereocenters. The highest BCUT2D eigenvalue weighted by molar-refractivity contribution is 5.95. The fraction of sp³-hybridized carbons (Fsp3) is 0.409. The van der Waals surface area contributed by atoms with E-state index in [4.69, 9.17) is 8.22 Å². The number of aryl methyl sites for hydroxylation is 1. The number of pyridine rings is 1. The molecule has 1 aromatic carbocycles. The smallest absolute Gasteiger partial charge is 0.228 e. The number of rotatable bonds is 4. The number of amides is 1. The molecule has 2 aromatic heterocycles. The normalized spacial score (nSPS) is 23.9. The number of fused-ring (bicyclic) bond motifs is 1. The van der Waals surface area contributed by atoms with Gasteiger partial charge in [0.05, 0.1) is 6.20 Å². The molecule has 1 N–H and O–H groups in total. The number of nitrogens with one attached hydrogen (secondary N) is 1. The SMILES string of the molecule is [2H]C([2H])([2H])N([C@H]1CC[C@H](C(=O)Nc2cc3cc(-c4cnn(C)c4)ccc3cn2)CC1)C([2H])([2H])[2H]. The molecule has 0 saturated heterocycles. The van der Waals surface area contributed by atoms with Crippen molar-refractivity contribution < 1.29 is 13.0 Å². The Morgan fingerprint density at radius 1 is 1.14 bits per heavy atom. The van der Waals surface area contributed by atoms with Crippen LogP contribution in [0.1, 0.15) is 33.9 Å². The zero-order valence-electron chi connectivity index (χ0n) is 21.7. The van der Waals surface area contributed by atoms with Gasteiger partial charge in [-0.3, -0.25) is 9.48 Å². The van der Waals surface area contributed by atoms with Gasteiger partial charge in [0, 0.05) is 50.6 Å². The van der Waals surface area contributed by atoms with E-state index in [1.54, 1.807) is 17.1 Å². The molecule has 0 spiro atoms. The summed E-state index contributed by atoms with van der Waals surface area (Å²) in [5.74, 6) is -0.0804. The van der Waals surface area contributed by atoms with Crippen LogP contribution >= 0.6 is 0 Å². The molecule has 4 rings (SSSR count). The van der Waals surface area contributed by atoms with Crippen LogP contribution in [0.5, 0.6) is 0 Å². The molecule has 28 heavy (non-hydrogen) atoms. The molecule has 6 nitrogen and oxygen atoms in total. The maximum atomic E-state index is 12.9. The van der Waals surface area contributed by atoms with E-state index in [0.29, 0.717) is 36.4 Å². The van der Waals surface area contributed by atoms with Crippen LogP contribution in [-0.2, 0) is 11.8 Å². The Kier molecular flexibility index (Phi) is 3.49. The van der Waals surface area contributed by atoms with Crippen molar-refractivity contribution in [2.24, 2.45) is 13.0 Å². The Hall–Kier alpha value is -2.73. The van der Waals surface area contributed by atoms with Crippen molar-refractivity contribution in [1.82, 2.24) is 19.7 Å². The van der Waals surface area contributed by atoms with Crippen LogP contribution in [0, 0.1) is 5.92 Å². The van der Waals surface area contributed by atoms with Crippen molar-refractivity contribution in [2.45, 2.75) is 31.7 Å². The van der Waals surface area contributed by atoms with Gasteiger partial charge in [0.1, 0.15) is 5.82 Å². The van der Waals surface area contributed by atoms with Gasteiger partial charge < -0.3 is 10.2 Å². The van der Waals surface area contributed by atoms with Crippen molar-refractivity contribution in [3.8, 4) is 11.1 Å². The van der Waals surface area contributed by atoms with Crippen molar-refractivity contribution in [3.05, 3.63) is 42.9 Å². The van der Waals surface area contributed by atoms with E-state index in [1.165, 1.54) is 0 Å². The molecule has 0 bridgehead atoms. The minimum Gasteiger partial charge on any atom is -0.310 e. The number of benzene rings is 1. The fourth-order valence-corrected chi connectivity index (χ4v) is 3.78. The first kappa shape index (κ1) is 12.7. The summed E-state index contributed by atoms with van der Waals surface area (Å²) in [4.78, 5) is 17.9. The molecule has 1 aliphatic carbocycles. The monoisotopic (exact) mass is 383 g/mol. The van der Waals surface area contributed by atoms with E-state index in [9.17, 15) is 4.79 Å². The molecule has 2 heterocycles. The van der Waals surface area contributed by atoms with Crippen molar-refractivity contribution >= 4 is 22.5 Å². The molecule has 0 aliphatic heterocycles. The van der Waals surface area contributed by atoms with Crippen LogP contribution in [-0.4, -0.2) is 45.6 Å². The van der Waals surface area contributed by atoms with Gasteiger partial charge in [-0.15, -0.1) is 0 Å². The standard InChI is InChI=1S/C22H27N5O/c1-26(2)20-8-6-15(7-9-20)22(28)25-21-11-18-10-16(4-5-17(18)12-23-21)19-13-24-27(3)14-19/h4-5,10-15,20H,6-9H2,1-3H3,(H,23,25,28)/t15-,20-/i1D3,2D3. The second-order valence-electron chi connectivity index (χ2n) is 7.40. The van der Waals surface area contributed by atoms with Crippen molar-refractivity contribution in [2.75, 3.05) is 19.3 Å². The Morgan fingerprint density at radius 3 is 2.68 bits per heavy atom. The third kappa shape index (κ3) is 3.92. The number of hydrogen-bond acceptors (Lipinski definition) is 4. The number of carbonyl (C=O) groups is 1. The Bertz CT molecular complexity index is 1170.